The predicted octanol–water partition coefficient (Wildman–Crippen LogP) is 1.16. The van der Waals surface area contributed by atoms with Crippen molar-refractivity contribution in [3.05, 3.63) is 48.1 Å². The molecule has 0 bridgehead atoms. The molecule has 0 aliphatic heterocycles. The number of aromatic carboxylic acids is 1. The van der Waals surface area contributed by atoms with E-state index in [1.807, 2.05) is 0 Å². The van der Waals surface area contributed by atoms with Crippen molar-refractivity contribution in [2.24, 2.45) is 0 Å². The van der Waals surface area contributed by atoms with Gasteiger partial charge in [0.25, 0.3) is 0 Å². The molecule has 82 valence electrons. The molecule has 0 aromatic carbocycles. The Labute approximate surface area is 90.2 Å². The summed E-state index contributed by atoms with van der Waals surface area (Å²) in [6.07, 6.45) is 5.39. The molecule has 0 radical (unpaired) electrons. The second-order valence-corrected chi connectivity index (χ2v) is 3.25. The largest absolute Gasteiger partial charge is 0.476 e. The maximum absolute atomic E-state index is 12.8. The Balaban J connectivity index is 2.17. The molecule has 0 spiro atoms. The number of pyridine rings is 1. The van der Waals surface area contributed by atoms with Crippen LogP contribution < -0.4 is 0 Å². The van der Waals surface area contributed by atoms with Crippen LogP contribution in [-0.2, 0) is 6.54 Å². The topological polar surface area (TPSA) is 68.0 Å². The smallest absolute Gasteiger partial charge is 0.356 e. The number of halogens is 1. The third-order valence-electron chi connectivity index (χ3n) is 1.98. The van der Waals surface area contributed by atoms with Gasteiger partial charge in [-0.15, -0.1) is 0 Å². The summed E-state index contributed by atoms with van der Waals surface area (Å²) in [6, 6.07) is 1.34. The van der Waals surface area contributed by atoms with Gasteiger partial charge in [-0.05, 0) is 11.6 Å². The maximum atomic E-state index is 12.8. The van der Waals surface area contributed by atoms with E-state index in [1.165, 1.54) is 24.8 Å². The summed E-state index contributed by atoms with van der Waals surface area (Å²) < 4.78 is 14.4. The SMILES string of the molecule is O=C(O)c1cn(Cc2cncc(F)c2)cn1. The Morgan fingerprint density at radius 3 is 2.94 bits per heavy atom. The van der Waals surface area contributed by atoms with Gasteiger partial charge in [0.05, 0.1) is 19.1 Å². The molecule has 1 N–H and O–H groups in total. The molecular formula is C10H8FN3O2. The molecule has 0 aliphatic rings. The molecule has 2 aromatic heterocycles. The van der Waals surface area contributed by atoms with E-state index in [0.717, 1.165) is 6.20 Å². The second kappa shape index (κ2) is 4.09. The van der Waals surface area contributed by atoms with Crippen LogP contribution >= 0.6 is 0 Å². The highest BCUT2D eigenvalue weighted by molar-refractivity contribution is 5.84. The summed E-state index contributed by atoms with van der Waals surface area (Å²) in [7, 11) is 0. The normalized spacial score (nSPS) is 10.3. The number of carbonyl (C=O) groups is 1. The lowest BCUT2D eigenvalue weighted by Crippen LogP contribution is -1.99. The van der Waals surface area contributed by atoms with Gasteiger partial charge in [-0.25, -0.2) is 14.2 Å². The van der Waals surface area contributed by atoms with E-state index < -0.39 is 11.8 Å². The van der Waals surface area contributed by atoms with Gasteiger partial charge in [0.15, 0.2) is 5.69 Å². The van der Waals surface area contributed by atoms with Crippen molar-refractivity contribution in [1.82, 2.24) is 14.5 Å². The van der Waals surface area contributed by atoms with E-state index in [4.69, 9.17) is 5.11 Å². The van der Waals surface area contributed by atoms with Gasteiger partial charge < -0.3 is 9.67 Å². The molecule has 0 saturated heterocycles. The lowest BCUT2D eigenvalue weighted by Gasteiger charge is -2.01. The Kier molecular flexibility index (Phi) is 2.63. The van der Waals surface area contributed by atoms with Crippen LogP contribution in [0.2, 0.25) is 0 Å². The molecule has 16 heavy (non-hydrogen) atoms. The van der Waals surface area contributed by atoms with Crippen LogP contribution in [0.5, 0.6) is 0 Å². The summed E-state index contributed by atoms with van der Waals surface area (Å²) in [5, 5.41) is 8.66. The van der Waals surface area contributed by atoms with Gasteiger partial charge in [-0.3, -0.25) is 4.98 Å². The lowest BCUT2D eigenvalue weighted by molar-refractivity contribution is 0.0691. The minimum Gasteiger partial charge on any atom is -0.476 e. The Morgan fingerprint density at radius 1 is 1.50 bits per heavy atom. The van der Waals surface area contributed by atoms with Gasteiger partial charge in [0.1, 0.15) is 5.82 Å². The molecule has 0 aliphatic carbocycles. The standard InChI is InChI=1S/C10H8FN3O2/c11-8-1-7(2-12-3-8)4-14-5-9(10(15)16)13-6-14/h1-3,5-6H,4H2,(H,15,16). The van der Waals surface area contributed by atoms with Gasteiger partial charge in [-0.1, -0.05) is 0 Å². The number of hydrogen-bond donors (Lipinski definition) is 1. The molecule has 0 amide bonds. The van der Waals surface area contributed by atoms with Crippen molar-refractivity contribution in [1.29, 1.82) is 0 Å². The van der Waals surface area contributed by atoms with Gasteiger partial charge >= 0.3 is 5.97 Å². The van der Waals surface area contributed by atoms with Crippen LogP contribution in [0.3, 0.4) is 0 Å². The Morgan fingerprint density at radius 2 is 2.31 bits per heavy atom. The van der Waals surface area contributed by atoms with Gasteiger partial charge in [0, 0.05) is 12.4 Å². The number of hydrogen-bond acceptors (Lipinski definition) is 3. The highest BCUT2D eigenvalue weighted by Gasteiger charge is 2.06. The fraction of sp³-hybridized carbons (Fsp3) is 0.100. The first kappa shape index (κ1) is 10.3. The van der Waals surface area contributed by atoms with Crippen molar-refractivity contribution < 1.29 is 14.3 Å². The molecular weight excluding hydrogens is 213 g/mol. The molecule has 2 heterocycles. The maximum Gasteiger partial charge on any atom is 0.356 e. The zero-order valence-corrected chi connectivity index (χ0v) is 8.17. The number of imidazole rings is 1. The first-order valence-corrected chi connectivity index (χ1v) is 4.49. The summed E-state index contributed by atoms with van der Waals surface area (Å²) >= 11 is 0. The van der Waals surface area contributed by atoms with E-state index in [-0.39, 0.29) is 5.69 Å². The van der Waals surface area contributed by atoms with Crippen molar-refractivity contribution in [2.45, 2.75) is 6.54 Å². The minimum atomic E-state index is -1.09. The first-order chi connectivity index (χ1) is 7.65. The lowest BCUT2D eigenvalue weighted by atomic mass is 10.3. The molecule has 0 unspecified atom stereocenters. The highest BCUT2D eigenvalue weighted by atomic mass is 19.1. The molecule has 0 saturated carbocycles. The third-order valence-corrected chi connectivity index (χ3v) is 1.98. The third kappa shape index (κ3) is 2.22. The quantitative estimate of drug-likeness (QED) is 0.844. The Hall–Kier alpha value is -2.24. The summed E-state index contributed by atoms with van der Waals surface area (Å²) in [6.45, 7) is 0.338. The van der Waals surface area contributed by atoms with Gasteiger partial charge in [-0.2, -0.15) is 0 Å². The van der Waals surface area contributed by atoms with Crippen LogP contribution in [0.1, 0.15) is 16.1 Å². The molecule has 0 atom stereocenters. The summed E-state index contributed by atoms with van der Waals surface area (Å²) in [4.78, 5) is 18.0. The zero-order chi connectivity index (χ0) is 11.5. The summed E-state index contributed by atoms with van der Waals surface area (Å²) in [5.74, 6) is -1.51. The number of carboxylic acids is 1. The number of nitrogens with zero attached hydrogens (tertiary/aromatic N) is 3. The van der Waals surface area contributed by atoms with Crippen LogP contribution in [0.4, 0.5) is 4.39 Å². The Bertz CT molecular complexity index is 524. The van der Waals surface area contributed by atoms with E-state index in [9.17, 15) is 9.18 Å². The van der Waals surface area contributed by atoms with Crippen molar-refractivity contribution in [2.75, 3.05) is 0 Å². The number of aromatic nitrogens is 3. The minimum absolute atomic E-state index is 0.0376. The van der Waals surface area contributed by atoms with Gasteiger partial charge in [0.2, 0.25) is 0 Å². The molecule has 2 aromatic rings. The molecule has 6 heteroatoms. The molecule has 0 fully saturated rings. The van der Waals surface area contributed by atoms with Crippen LogP contribution in [0.15, 0.2) is 31.0 Å². The predicted molar refractivity (Wildman–Crippen MR) is 52.5 cm³/mol. The monoisotopic (exact) mass is 221 g/mol. The van der Waals surface area contributed by atoms with Crippen molar-refractivity contribution >= 4 is 5.97 Å². The van der Waals surface area contributed by atoms with Crippen molar-refractivity contribution in [3.63, 3.8) is 0 Å². The average Bonchev–Trinajstić information content (AvgIpc) is 2.66. The summed E-state index contributed by atoms with van der Waals surface area (Å²) in [5.41, 5.74) is 0.610. The number of carboxylic acid groups (broad SMARTS) is 1. The van der Waals surface area contributed by atoms with Crippen LogP contribution in [-0.4, -0.2) is 25.6 Å². The first-order valence-electron chi connectivity index (χ1n) is 4.49. The zero-order valence-electron chi connectivity index (χ0n) is 8.17. The second-order valence-electron chi connectivity index (χ2n) is 3.25. The highest BCUT2D eigenvalue weighted by Crippen LogP contribution is 2.04. The fourth-order valence-corrected chi connectivity index (χ4v) is 1.31. The van der Waals surface area contributed by atoms with E-state index >= 15 is 0 Å². The molecule has 5 nitrogen and oxygen atoms in total. The number of rotatable bonds is 3. The van der Waals surface area contributed by atoms with Crippen LogP contribution in [0, 0.1) is 5.82 Å². The fourth-order valence-electron chi connectivity index (χ4n) is 1.31. The average molecular weight is 221 g/mol. The van der Waals surface area contributed by atoms with E-state index in [2.05, 4.69) is 9.97 Å². The van der Waals surface area contributed by atoms with E-state index in [1.54, 1.807) is 4.57 Å². The van der Waals surface area contributed by atoms with Crippen LogP contribution in [0.25, 0.3) is 0 Å². The van der Waals surface area contributed by atoms with E-state index in [0.29, 0.717) is 12.1 Å². The van der Waals surface area contributed by atoms with Crippen molar-refractivity contribution in [3.8, 4) is 0 Å². The molecule has 2 rings (SSSR count).